The zero-order valence-electron chi connectivity index (χ0n) is 11.8. The molecule has 0 radical (unpaired) electrons. The largest absolute Gasteiger partial charge is 0.313 e. The molecule has 0 saturated heterocycles. The molecule has 0 fully saturated rings. The minimum atomic E-state index is -0.802. The number of hydrogen-bond donors (Lipinski definition) is 1. The molecule has 0 aliphatic heterocycles. The summed E-state index contributed by atoms with van der Waals surface area (Å²) in [6.45, 7) is 3.87. The second kappa shape index (κ2) is 6.94. The first-order chi connectivity index (χ1) is 10.1. The van der Waals surface area contributed by atoms with Crippen LogP contribution in [0.3, 0.4) is 0 Å². The molecule has 1 aromatic carbocycles. The number of benzene rings is 1. The minimum Gasteiger partial charge on any atom is -0.313 e. The molecule has 1 heterocycles. The van der Waals surface area contributed by atoms with E-state index < -0.39 is 16.4 Å². The lowest BCUT2D eigenvalue weighted by Crippen LogP contribution is -2.13. The number of hydrogen-bond acceptors (Lipinski definition) is 4. The third-order valence-corrected chi connectivity index (χ3v) is 3.03. The van der Waals surface area contributed by atoms with Gasteiger partial charge in [0.15, 0.2) is 0 Å². The molecule has 0 aliphatic rings. The van der Waals surface area contributed by atoms with Crippen LogP contribution in [0.1, 0.15) is 24.5 Å². The fourth-order valence-electron chi connectivity index (χ4n) is 2.00. The Hall–Kier alpha value is -2.28. The number of rotatable bonds is 7. The highest BCUT2D eigenvalue weighted by atomic mass is 19.1. The summed E-state index contributed by atoms with van der Waals surface area (Å²) in [7, 11) is 0. The lowest BCUT2D eigenvalue weighted by Gasteiger charge is -2.04. The van der Waals surface area contributed by atoms with Gasteiger partial charge in [0.2, 0.25) is 5.82 Å². The van der Waals surface area contributed by atoms with E-state index in [9.17, 15) is 14.5 Å². The van der Waals surface area contributed by atoms with Crippen LogP contribution in [0.2, 0.25) is 0 Å². The van der Waals surface area contributed by atoms with Gasteiger partial charge in [-0.25, -0.2) is 0 Å². The van der Waals surface area contributed by atoms with Crippen molar-refractivity contribution in [2.45, 2.75) is 26.4 Å². The standard InChI is InChI=1S/C14H17FN4O2/c1-2-6-16-7-11-8-17-18(9-11)10-12-4-3-5-13(14(12)15)19(20)21/h3-5,8-9,16H,2,6-7,10H2,1H3. The molecule has 1 aromatic heterocycles. The average Bonchev–Trinajstić information content (AvgIpc) is 2.89. The van der Waals surface area contributed by atoms with E-state index in [0.29, 0.717) is 6.54 Å². The normalized spacial score (nSPS) is 10.8. The van der Waals surface area contributed by atoms with Crippen molar-refractivity contribution in [3.8, 4) is 0 Å². The zero-order valence-corrected chi connectivity index (χ0v) is 11.8. The number of aromatic nitrogens is 2. The van der Waals surface area contributed by atoms with Crippen molar-refractivity contribution in [2.24, 2.45) is 0 Å². The third-order valence-electron chi connectivity index (χ3n) is 3.03. The molecule has 0 saturated carbocycles. The van der Waals surface area contributed by atoms with Gasteiger partial charge in [0.25, 0.3) is 0 Å². The summed E-state index contributed by atoms with van der Waals surface area (Å²) in [6, 6.07) is 4.16. The van der Waals surface area contributed by atoms with Gasteiger partial charge in [0.05, 0.1) is 17.7 Å². The van der Waals surface area contributed by atoms with Crippen LogP contribution in [0, 0.1) is 15.9 Å². The summed E-state index contributed by atoms with van der Waals surface area (Å²) < 4.78 is 15.5. The molecular weight excluding hydrogens is 275 g/mol. The van der Waals surface area contributed by atoms with Gasteiger partial charge in [-0.2, -0.15) is 9.49 Å². The number of nitro benzene ring substituents is 1. The Balaban J connectivity index is 2.08. The summed E-state index contributed by atoms with van der Waals surface area (Å²) in [6.07, 6.45) is 4.56. The molecule has 7 heteroatoms. The first kappa shape index (κ1) is 15.1. The number of nitrogens with one attached hydrogen (secondary N) is 1. The van der Waals surface area contributed by atoms with E-state index in [2.05, 4.69) is 17.3 Å². The molecule has 0 amide bonds. The van der Waals surface area contributed by atoms with E-state index >= 15 is 0 Å². The number of halogens is 1. The third kappa shape index (κ3) is 3.85. The van der Waals surface area contributed by atoms with E-state index in [0.717, 1.165) is 24.6 Å². The molecule has 2 aromatic rings. The van der Waals surface area contributed by atoms with E-state index in [1.165, 1.54) is 12.1 Å². The predicted molar refractivity (Wildman–Crippen MR) is 76.4 cm³/mol. The summed E-state index contributed by atoms with van der Waals surface area (Å²) >= 11 is 0. The Morgan fingerprint density at radius 3 is 3.00 bits per heavy atom. The van der Waals surface area contributed by atoms with Crippen LogP contribution in [-0.4, -0.2) is 21.2 Å². The van der Waals surface area contributed by atoms with E-state index in [4.69, 9.17) is 0 Å². The summed E-state index contributed by atoms with van der Waals surface area (Å²) in [5.41, 5.74) is 0.735. The Kier molecular flexibility index (Phi) is 4.99. The van der Waals surface area contributed by atoms with Gasteiger partial charge in [-0.15, -0.1) is 0 Å². The maximum atomic E-state index is 14.0. The molecule has 0 aliphatic carbocycles. The average molecular weight is 292 g/mol. The van der Waals surface area contributed by atoms with Crippen LogP contribution >= 0.6 is 0 Å². The van der Waals surface area contributed by atoms with Crippen molar-refractivity contribution >= 4 is 5.69 Å². The topological polar surface area (TPSA) is 73.0 Å². The second-order valence-corrected chi connectivity index (χ2v) is 4.73. The molecule has 2 rings (SSSR count). The Morgan fingerprint density at radius 1 is 1.48 bits per heavy atom. The van der Waals surface area contributed by atoms with Crippen LogP contribution in [-0.2, 0) is 13.1 Å². The van der Waals surface area contributed by atoms with E-state index in [1.807, 2.05) is 0 Å². The summed E-state index contributed by atoms with van der Waals surface area (Å²) in [4.78, 5) is 9.99. The van der Waals surface area contributed by atoms with Crippen molar-refractivity contribution in [1.82, 2.24) is 15.1 Å². The van der Waals surface area contributed by atoms with Gasteiger partial charge in [-0.1, -0.05) is 19.1 Å². The zero-order chi connectivity index (χ0) is 15.2. The molecule has 112 valence electrons. The van der Waals surface area contributed by atoms with Gasteiger partial charge in [0.1, 0.15) is 0 Å². The van der Waals surface area contributed by atoms with E-state index in [-0.39, 0.29) is 12.1 Å². The highest BCUT2D eigenvalue weighted by Crippen LogP contribution is 2.20. The van der Waals surface area contributed by atoms with Crippen molar-refractivity contribution in [2.75, 3.05) is 6.54 Å². The van der Waals surface area contributed by atoms with Crippen molar-refractivity contribution in [3.63, 3.8) is 0 Å². The molecule has 6 nitrogen and oxygen atoms in total. The molecule has 0 atom stereocenters. The van der Waals surface area contributed by atoms with Crippen LogP contribution in [0.5, 0.6) is 0 Å². The summed E-state index contributed by atoms with van der Waals surface area (Å²) in [5, 5.41) is 18.1. The lowest BCUT2D eigenvalue weighted by molar-refractivity contribution is -0.387. The monoisotopic (exact) mass is 292 g/mol. The molecular formula is C14H17FN4O2. The van der Waals surface area contributed by atoms with Crippen molar-refractivity contribution < 1.29 is 9.31 Å². The summed E-state index contributed by atoms with van der Waals surface area (Å²) in [5.74, 6) is -0.802. The maximum absolute atomic E-state index is 14.0. The Morgan fingerprint density at radius 2 is 2.29 bits per heavy atom. The van der Waals surface area contributed by atoms with Crippen molar-refractivity contribution in [3.05, 3.63) is 57.7 Å². The number of nitrogens with zero attached hydrogens (tertiary/aromatic N) is 3. The Bertz CT molecular complexity index is 627. The highest BCUT2D eigenvalue weighted by Gasteiger charge is 2.17. The molecule has 0 bridgehead atoms. The first-order valence-corrected chi connectivity index (χ1v) is 6.75. The van der Waals surface area contributed by atoms with Crippen LogP contribution in [0.4, 0.5) is 10.1 Å². The fourth-order valence-corrected chi connectivity index (χ4v) is 2.00. The molecule has 0 spiro atoms. The molecule has 0 unspecified atom stereocenters. The SMILES string of the molecule is CCCNCc1cnn(Cc2cccc([N+](=O)[O-])c2F)c1. The molecule has 21 heavy (non-hydrogen) atoms. The minimum absolute atomic E-state index is 0.168. The smallest absolute Gasteiger partial charge is 0.305 e. The quantitative estimate of drug-likeness (QED) is 0.483. The van der Waals surface area contributed by atoms with Crippen LogP contribution in [0.15, 0.2) is 30.6 Å². The first-order valence-electron chi connectivity index (χ1n) is 6.75. The van der Waals surface area contributed by atoms with Crippen LogP contribution < -0.4 is 5.32 Å². The van der Waals surface area contributed by atoms with Gasteiger partial charge in [-0.3, -0.25) is 14.8 Å². The highest BCUT2D eigenvalue weighted by molar-refractivity contribution is 5.36. The lowest BCUT2D eigenvalue weighted by atomic mass is 10.2. The van der Waals surface area contributed by atoms with Gasteiger partial charge in [0, 0.05) is 29.9 Å². The predicted octanol–water partition coefficient (Wildman–Crippen LogP) is 2.48. The number of nitro groups is 1. The van der Waals surface area contributed by atoms with Gasteiger partial charge >= 0.3 is 5.69 Å². The fraction of sp³-hybridized carbons (Fsp3) is 0.357. The Labute approximate surface area is 121 Å². The van der Waals surface area contributed by atoms with Gasteiger partial charge < -0.3 is 5.32 Å². The van der Waals surface area contributed by atoms with E-state index in [1.54, 1.807) is 17.1 Å². The van der Waals surface area contributed by atoms with Crippen LogP contribution in [0.25, 0.3) is 0 Å². The maximum Gasteiger partial charge on any atom is 0.305 e. The van der Waals surface area contributed by atoms with Crippen molar-refractivity contribution in [1.29, 1.82) is 0 Å². The second-order valence-electron chi connectivity index (χ2n) is 4.73. The molecule has 1 N–H and O–H groups in total. The van der Waals surface area contributed by atoms with Gasteiger partial charge in [-0.05, 0) is 13.0 Å².